The van der Waals surface area contributed by atoms with Crippen LogP contribution in [0.3, 0.4) is 0 Å². The SMILES string of the molecule is CC(C)c1ccccc1N1N=C2COC(C)(C)C=C2C(C#N)=C1N. The number of hydrogen-bond acceptors (Lipinski definition) is 5. The number of fused-ring (bicyclic) bond motifs is 1. The van der Waals surface area contributed by atoms with Gasteiger partial charge in [0.1, 0.15) is 17.5 Å². The monoisotopic (exact) mass is 322 g/mol. The van der Waals surface area contributed by atoms with Crippen molar-refractivity contribution >= 4 is 11.4 Å². The van der Waals surface area contributed by atoms with Gasteiger partial charge in [0, 0.05) is 5.57 Å². The fraction of sp³-hybridized carbons (Fsp3) is 0.368. The summed E-state index contributed by atoms with van der Waals surface area (Å²) in [6, 6.07) is 10.2. The van der Waals surface area contributed by atoms with Crippen LogP contribution in [0.2, 0.25) is 0 Å². The van der Waals surface area contributed by atoms with Crippen LogP contribution in [0.4, 0.5) is 5.69 Å². The summed E-state index contributed by atoms with van der Waals surface area (Å²) in [5.74, 6) is 0.677. The highest BCUT2D eigenvalue weighted by Crippen LogP contribution is 2.35. The van der Waals surface area contributed by atoms with Gasteiger partial charge in [-0.05, 0) is 37.5 Å². The van der Waals surface area contributed by atoms with Gasteiger partial charge in [0.15, 0.2) is 0 Å². The van der Waals surface area contributed by atoms with Gasteiger partial charge >= 0.3 is 0 Å². The van der Waals surface area contributed by atoms with Crippen molar-refractivity contribution in [2.45, 2.75) is 39.2 Å². The number of hydrogen-bond donors (Lipinski definition) is 1. The number of nitrogens with two attached hydrogens (primary N) is 1. The van der Waals surface area contributed by atoms with E-state index in [9.17, 15) is 5.26 Å². The Balaban J connectivity index is 2.17. The first-order valence-electron chi connectivity index (χ1n) is 8.08. The smallest absolute Gasteiger partial charge is 0.144 e. The quantitative estimate of drug-likeness (QED) is 0.905. The Morgan fingerprint density at radius 1 is 1.33 bits per heavy atom. The van der Waals surface area contributed by atoms with E-state index in [0.29, 0.717) is 23.9 Å². The predicted octanol–water partition coefficient (Wildman–Crippen LogP) is 3.42. The average Bonchev–Trinajstić information content (AvgIpc) is 2.54. The molecule has 0 saturated heterocycles. The molecule has 124 valence electrons. The van der Waals surface area contributed by atoms with E-state index in [2.05, 4.69) is 31.1 Å². The number of benzene rings is 1. The lowest BCUT2D eigenvalue weighted by Crippen LogP contribution is -2.39. The second kappa shape index (κ2) is 5.81. The van der Waals surface area contributed by atoms with Crippen LogP contribution in [0, 0.1) is 11.3 Å². The lowest BCUT2D eigenvalue weighted by atomic mass is 9.92. The molecule has 0 saturated carbocycles. The molecule has 2 aliphatic heterocycles. The lowest BCUT2D eigenvalue weighted by Gasteiger charge is -2.35. The van der Waals surface area contributed by atoms with Crippen molar-refractivity contribution in [1.29, 1.82) is 5.26 Å². The second-order valence-corrected chi connectivity index (χ2v) is 6.89. The minimum Gasteiger partial charge on any atom is -0.383 e. The van der Waals surface area contributed by atoms with Crippen molar-refractivity contribution in [3.63, 3.8) is 0 Å². The van der Waals surface area contributed by atoms with Gasteiger partial charge in [0.05, 0.1) is 23.6 Å². The average molecular weight is 322 g/mol. The molecule has 0 amide bonds. The highest BCUT2D eigenvalue weighted by atomic mass is 16.5. The summed E-state index contributed by atoms with van der Waals surface area (Å²) < 4.78 is 5.82. The van der Waals surface area contributed by atoms with Gasteiger partial charge < -0.3 is 10.5 Å². The number of allylic oxidation sites excluding steroid dienone is 1. The molecule has 5 heteroatoms. The minimum atomic E-state index is -0.436. The molecular weight excluding hydrogens is 300 g/mol. The number of rotatable bonds is 2. The van der Waals surface area contributed by atoms with Crippen molar-refractivity contribution in [3.05, 3.63) is 52.9 Å². The molecule has 24 heavy (non-hydrogen) atoms. The van der Waals surface area contributed by atoms with Crippen LogP contribution in [0.25, 0.3) is 0 Å². The maximum Gasteiger partial charge on any atom is 0.144 e. The number of anilines is 1. The molecule has 0 aromatic heterocycles. The first-order valence-corrected chi connectivity index (χ1v) is 8.08. The van der Waals surface area contributed by atoms with E-state index < -0.39 is 5.60 Å². The molecule has 2 heterocycles. The standard InChI is InChI=1S/C19H22N4O/c1-12(2)13-7-5-6-8-17(13)23-18(21)15(10-20)14-9-19(3,4)24-11-16(14)22-23/h5-9,12H,11,21H2,1-4H3. The normalized spacial score (nSPS) is 19.6. The fourth-order valence-corrected chi connectivity index (χ4v) is 2.99. The Morgan fingerprint density at radius 3 is 2.71 bits per heavy atom. The predicted molar refractivity (Wildman–Crippen MR) is 95.4 cm³/mol. The van der Waals surface area contributed by atoms with Crippen molar-refractivity contribution in [3.8, 4) is 6.07 Å². The van der Waals surface area contributed by atoms with E-state index in [1.54, 1.807) is 5.01 Å². The molecule has 0 atom stereocenters. The van der Waals surface area contributed by atoms with Crippen molar-refractivity contribution in [1.82, 2.24) is 0 Å². The Bertz CT molecular complexity index is 809. The van der Waals surface area contributed by atoms with Crippen LogP contribution in [0.1, 0.15) is 39.2 Å². The Labute approximate surface area is 142 Å². The van der Waals surface area contributed by atoms with Crippen LogP contribution in [0.5, 0.6) is 0 Å². The van der Waals surface area contributed by atoms with Gasteiger partial charge in [0.25, 0.3) is 0 Å². The largest absolute Gasteiger partial charge is 0.383 e. The number of nitriles is 1. The van der Waals surface area contributed by atoms with Gasteiger partial charge in [0.2, 0.25) is 0 Å². The molecule has 0 aliphatic carbocycles. The molecule has 0 spiro atoms. The van der Waals surface area contributed by atoms with Gasteiger partial charge in [-0.1, -0.05) is 32.0 Å². The molecule has 0 radical (unpaired) electrons. The third-order valence-corrected chi connectivity index (χ3v) is 4.26. The first kappa shape index (κ1) is 16.3. The van der Waals surface area contributed by atoms with Crippen LogP contribution in [-0.2, 0) is 4.74 Å². The highest BCUT2D eigenvalue weighted by molar-refractivity contribution is 6.08. The summed E-state index contributed by atoms with van der Waals surface area (Å²) in [6.07, 6.45) is 1.92. The van der Waals surface area contributed by atoms with E-state index in [1.807, 2.05) is 38.1 Å². The summed E-state index contributed by atoms with van der Waals surface area (Å²) in [4.78, 5) is 0. The summed E-state index contributed by atoms with van der Waals surface area (Å²) in [7, 11) is 0. The minimum absolute atomic E-state index is 0.318. The zero-order chi connectivity index (χ0) is 17.5. The third-order valence-electron chi connectivity index (χ3n) is 4.26. The lowest BCUT2D eigenvalue weighted by molar-refractivity contribution is 0.0409. The van der Waals surface area contributed by atoms with E-state index in [1.165, 1.54) is 0 Å². The zero-order valence-electron chi connectivity index (χ0n) is 14.5. The summed E-state index contributed by atoms with van der Waals surface area (Å²) in [6.45, 7) is 8.53. The first-order chi connectivity index (χ1) is 11.3. The number of ether oxygens (including phenoxy) is 1. The van der Waals surface area contributed by atoms with Crippen LogP contribution in [0.15, 0.2) is 52.4 Å². The Morgan fingerprint density at radius 2 is 2.04 bits per heavy atom. The maximum absolute atomic E-state index is 9.66. The van der Waals surface area contributed by atoms with Crippen LogP contribution in [-0.4, -0.2) is 17.9 Å². The topological polar surface area (TPSA) is 74.6 Å². The van der Waals surface area contributed by atoms with Crippen molar-refractivity contribution in [2.24, 2.45) is 10.8 Å². The van der Waals surface area contributed by atoms with Crippen molar-refractivity contribution in [2.75, 3.05) is 11.6 Å². The van der Waals surface area contributed by atoms with E-state index in [4.69, 9.17) is 10.5 Å². The fourth-order valence-electron chi connectivity index (χ4n) is 2.99. The van der Waals surface area contributed by atoms with Crippen LogP contribution >= 0.6 is 0 Å². The number of para-hydroxylation sites is 1. The molecule has 3 rings (SSSR count). The molecule has 0 unspecified atom stereocenters. The Hall–Kier alpha value is -2.58. The van der Waals surface area contributed by atoms with Gasteiger partial charge in [-0.15, -0.1) is 0 Å². The van der Waals surface area contributed by atoms with E-state index in [0.717, 1.165) is 22.5 Å². The zero-order valence-corrected chi connectivity index (χ0v) is 14.5. The second-order valence-electron chi connectivity index (χ2n) is 6.89. The number of nitrogens with zero attached hydrogens (tertiary/aromatic N) is 3. The maximum atomic E-state index is 9.66. The van der Waals surface area contributed by atoms with Crippen molar-refractivity contribution < 1.29 is 4.74 Å². The molecule has 1 aromatic rings. The van der Waals surface area contributed by atoms with E-state index in [-0.39, 0.29) is 0 Å². The molecule has 1 aromatic carbocycles. The van der Waals surface area contributed by atoms with Gasteiger partial charge in [-0.2, -0.15) is 10.4 Å². The molecular formula is C19H22N4O. The van der Waals surface area contributed by atoms with Gasteiger partial charge in [-0.25, -0.2) is 5.01 Å². The highest BCUT2D eigenvalue weighted by Gasteiger charge is 2.33. The third kappa shape index (κ3) is 2.70. The van der Waals surface area contributed by atoms with E-state index >= 15 is 0 Å². The summed E-state index contributed by atoms with van der Waals surface area (Å²) in [5.41, 5.74) is 9.89. The Kier molecular flexibility index (Phi) is 3.94. The number of hydrazone groups is 1. The molecule has 5 nitrogen and oxygen atoms in total. The van der Waals surface area contributed by atoms with Crippen LogP contribution < -0.4 is 10.7 Å². The summed E-state index contributed by atoms with van der Waals surface area (Å²) >= 11 is 0. The summed E-state index contributed by atoms with van der Waals surface area (Å²) in [5, 5.41) is 16.0. The molecule has 2 aliphatic rings. The molecule has 2 N–H and O–H groups in total. The van der Waals surface area contributed by atoms with Gasteiger partial charge in [-0.3, -0.25) is 0 Å². The molecule has 0 bridgehead atoms. The molecule has 0 fully saturated rings.